The van der Waals surface area contributed by atoms with Crippen LogP contribution in [0.5, 0.6) is 0 Å². The molecule has 1 saturated carbocycles. The standard InChI is InChI=1S/C32H36NO/c1-7-31(5)23-16-25-24(29(3)13-14-30(25,4)19-29)15-21(23)26-17-28-22(18-33(26)32(31,6)8-2)20-11-9-10-12-27(20)34-28/h9-12,15-18H,7-8,13-14,19H2,1-6H3/q+1. The zero-order valence-electron chi connectivity index (χ0n) is 21.5. The average molecular weight is 451 g/mol. The highest BCUT2D eigenvalue weighted by Crippen LogP contribution is 2.62. The summed E-state index contributed by atoms with van der Waals surface area (Å²) in [5.41, 5.74) is 10.2. The SMILES string of the molecule is CCC1(C)c2cc3c(cc2-c2cc4oc5ccccc5c4c[n+]2C1(C)CC)C1(C)CCC3(C)C1. The van der Waals surface area contributed by atoms with Crippen molar-refractivity contribution in [2.75, 3.05) is 0 Å². The Morgan fingerprint density at radius 2 is 1.50 bits per heavy atom. The Morgan fingerprint density at radius 3 is 2.21 bits per heavy atom. The highest BCUT2D eigenvalue weighted by molar-refractivity contribution is 6.04. The Bertz CT molecular complexity index is 1530. The highest BCUT2D eigenvalue weighted by Gasteiger charge is 2.59. The molecule has 0 N–H and O–H groups in total. The average Bonchev–Trinajstić information content (AvgIpc) is 3.44. The second-order valence-corrected chi connectivity index (χ2v) is 12.5. The molecule has 0 radical (unpaired) electrons. The molecule has 4 atom stereocenters. The summed E-state index contributed by atoms with van der Waals surface area (Å²) in [7, 11) is 0. The van der Waals surface area contributed by atoms with E-state index in [1.165, 1.54) is 41.3 Å². The topological polar surface area (TPSA) is 17.0 Å². The molecule has 4 unspecified atom stereocenters. The van der Waals surface area contributed by atoms with Gasteiger partial charge in [0.05, 0.1) is 22.4 Å². The number of hydrogen-bond acceptors (Lipinski definition) is 1. The predicted octanol–water partition coefficient (Wildman–Crippen LogP) is 8.06. The van der Waals surface area contributed by atoms with Gasteiger partial charge in [0.15, 0.2) is 11.7 Å². The summed E-state index contributed by atoms with van der Waals surface area (Å²) in [6.45, 7) is 14.8. The van der Waals surface area contributed by atoms with Gasteiger partial charge in [0.1, 0.15) is 11.2 Å². The van der Waals surface area contributed by atoms with Crippen molar-refractivity contribution < 1.29 is 8.98 Å². The first-order valence-electron chi connectivity index (χ1n) is 13.2. The van der Waals surface area contributed by atoms with E-state index in [1.807, 2.05) is 0 Å². The molecule has 34 heavy (non-hydrogen) atoms. The lowest BCUT2D eigenvalue weighted by Crippen LogP contribution is -2.67. The Kier molecular flexibility index (Phi) is 3.74. The van der Waals surface area contributed by atoms with Crippen LogP contribution in [0.3, 0.4) is 0 Å². The molecule has 0 amide bonds. The fourth-order valence-electron chi connectivity index (χ4n) is 8.34. The summed E-state index contributed by atoms with van der Waals surface area (Å²) in [6.07, 6.45) is 8.55. The van der Waals surface area contributed by atoms with Crippen LogP contribution in [0.15, 0.2) is 53.1 Å². The van der Waals surface area contributed by atoms with E-state index < -0.39 is 0 Å². The lowest BCUT2D eigenvalue weighted by atomic mass is 9.59. The maximum atomic E-state index is 6.38. The van der Waals surface area contributed by atoms with E-state index in [0.717, 1.165) is 24.0 Å². The third-order valence-corrected chi connectivity index (χ3v) is 10.9. The van der Waals surface area contributed by atoms with Crippen LogP contribution in [0.4, 0.5) is 0 Å². The van der Waals surface area contributed by atoms with Crippen molar-refractivity contribution in [3.63, 3.8) is 0 Å². The Balaban J connectivity index is 1.62. The van der Waals surface area contributed by atoms with Crippen LogP contribution < -0.4 is 4.57 Å². The molecule has 2 bridgehead atoms. The van der Waals surface area contributed by atoms with Gasteiger partial charge in [0, 0.05) is 18.7 Å². The molecule has 2 aromatic heterocycles. The monoisotopic (exact) mass is 450 g/mol. The molecule has 174 valence electrons. The van der Waals surface area contributed by atoms with Crippen LogP contribution >= 0.6 is 0 Å². The number of fused-ring (bicyclic) bond motifs is 11. The molecule has 2 nitrogen and oxygen atoms in total. The summed E-state index contributed by atoms with van der Waals surface area (Å²) in [5, 5.41) is 2.43. The molecule has 3 heterocycles. The lowest BCUT2D eigenvalue weighted by Gasteiger charge is -2.47. The molecule has 2 heteroatoms. The number of hydrogen-bond donors (Lipinski definition) is 0. The largest absolute Gasteiger partial charge is 0.456 e. The molecule has 4 aromatic rings. The molecule has 2 aromatic carbocycles. The predicted molar refractivity (Wildman–Crippen MR) is 139 cm³/mol. The fraction of sp³-hybridized carbons (Fsp3) is 0.469. The van der Waals surface area contributed by atoms with Gasteiger partial charge in [-0.15, -0.1) is 0 Å². The van der Waals surface area contributed by atoms with Crippen molar-refractivity contribution in [3.8, 4) is 11.3 Å². The van der Waals surface area contributed by atoms with E-state index in [2.05, 4.69) is 94.8 Å². The summed E-state index contributed by atoms with van der Waals surface area (Å²) < 4.78 is 9.00. The molecule has 7 rings (SSSR count). The maximum Gasteiger partial charge on any atom is 0.217 e. The van der Waals surface area contributed by atoms with Crippen LogP contribution in [-0.2, 0) is 21.8 Å². The van der Waals surface area contributed by atoms with Crippen molar-refractivity contribution in [3.05, 3.63) is 65.4 Å². The fourth-order valence-corrected chi connectivity index (χ4v) is 8.34. The summed E-state index contributed by atoms with van der Waals surface area (Å²) >= 11 is 0. The summed E-state index contributed by atoms with van der Waals surface area (Å²) in [4.78, 5) is 0. The van der Waals surface area contributed by atoms with Gasteiger partial charge in [-0.3, -0.25) is 0 Å². The van der Waals surface area contributed by atoms with E-state index in [9.17, 15) is 0 Å². The third kappa shape index (κ3) is 2.17. The first kappa shape index (κ1) is 20.7. The molecule has 1 aliphatic heterocycles. The number of furan rings is 1. The van der Waals surface area contributed by atoms with Crippen molar-refractivity contribution in [2.24, 2.45) is 0 Å². The second kappa shape index (κ2) is 6.14. The molecule has 0 saturated heterocycles. The summed E-state index contributed by atoms with van der Waals surface area (Å²) in [6, 6.07) is 16.0. The lowest BCUT2D eigenvalue weighted by molar-refractivity contribution is -0.764. The van der Waals surface area contributed by atoms with Gasteiger partial charge < -0.3 is 4.42 Å². The van der Waals surface area contributed by atoms with Gasteiger partial charge in [-0.25, -0.2) is 0 Å². The quantitative estimate of drug-likeness (QED) is 0.282. The van der Waals surface area contributed by atoms with E-state index in [0.29, 0.717) is 10.8 Å². The number of benzene rings is 2. The first-order valence-corrected chi connectivity index (χ1v) is 13.2. The van der Waals surface area contributed by atoms with Gasteiger partial charge in [0.2, 0.25) is 5.69 Å². The number of rotatable bonds is 2. The smallest absolute Gasteiger partial charge is 0.217 e. The summed E-state index contributed by atoms with van der Waals surface area (Å²) in [5.74, 6) is 0. The van der Waals surface area contributed by atoms with Crippen LogP contribution in [-0.4, -0.2) is 0 Å². The van der Waals surface area contributed by atoms with E-state index >= 15 is 0 Å². The van der Waals surface area contributed by atoms with Gasteiger partial charge in [-0.05, 0) is 72.3 Å². The Morgan fingerprint density at radius 1 is 0.794 bits per heavy atom. The van der Waals surface area contributed by atoms with E-state index in [-0.39, 0.29) is 11.0 Å². The first-order chi connectivity index (χ1) is 16.2. The zero-order valence-corrected chi connectivity index (χ0v) is 21.5. The van der Waals surface area contributed by atoms with Crippen LogP contribution in [0.1, 0.15) is 90.3 Å². The molecular formula is C32H36NO+. The van der Waals surface area contributed by atoms with Crippen molar-refractivity contribution in [1.82, 2.24) is 0 Å². The van der Waals surface area contributed by atoms with Crippen LogP contribution in [0.2, 0.25) is 0 Å². The Hall–Kier alpha value is -2.61. The van der Waals surface area contributed by atoms with Crippen molar-refractivity contribution in [1.29, 1.82) is 0 Å². The van der Waals surface area contributed by atoms with Gasteiger partial charge >= 0.3 is 0 Å². The number of para-hydroxylation sites is 1. The number of nitrogens with zero attached hydrogens (tertiary/aromatic N) is 1. The van der Waals surface area contributed by atoms with Crippen LogP contribution in [0.25, 0.3) is 33.2 Å². The van der Waals surface area contributed by atoms with E-state index in [4.69, 9.17) is 4.42 Å². The number of aromatic nitrogens is 1. The minimum Gasteiger partial charge on any atom is -0.456 e. The van der Waals surface area contributed by atoms with E-state index in [1.54, 1.807) is 16.7 Å². The number of pyridine rings is 1. The second-order valence-electron chi connectivity index (χ2n) is 12.5. The van der Waals surface area contributed by atoms with Crippen LogP contribution in [0, 0.1) is 0 Å². The van der Waals surface area contributed by atoms with Crippen molar-refractivity contribution in [2.45, 2.75) is 95.4 Å². The Labute approximate surface area is 203 Å². The molecule has 2 aliphatic carbocycles. The van der Waals surface area contributed by atoms with Crippen molar-refractivity contribution >= 4 is 21.9 Å². The maximum absolute atomic E-state index is 6.38. The molecular weight excluding hydrogens is 414 g/mol. The van der Waals surface area contributed by atoms with Gasteiger partial charge in [0.25, 0.3) is 0 Å². The molecule has 0 spiro atoms. The highest BCUT2D eigenvalue weighted by atomic mass is 16.3. The normalized spacial score (nSPS) is 33.4. The van der Waals surface area contributed by atoms with Gasteiger partial charge in [-0.2, -0.15) is 4.57 Å². The molecule has 3 aliphatic rings. The third-order valence-electron chi connectivity index (χ3n) is 10.9. The van der Waals surface area contributed by atoms with Gasteiger partial charge in [-0.1, -0.05) is 52.0 Å². The molecule has 1 fully saturated rings. The minimum absolute atomic E-state index is 0.0205. The minimum atomic E-state index is -0.0205. The zero-order chi connectivity index (χ0) is 23.7.